The fourth-order valence-corrected chi connectivity index (χ4v) is 2.42. The average Bonchev–Trinajstić information content (AvgIpc) is 2.33. The molecule has 4 nitrogen and oxygen atoms in total. The third-order valence-electron chi connectivity index (χ3n) is 2.73. The van der Waals surface area contributed by atoms with Crippen molar-refractivity contribution in [2.45, 2.75) is 11.8 Å². The van der Waals surface area contributed by atoms with Gasteiger partial charge in [-0.2, -0.15) is 0 Å². The molecule has 0 saturated carbocycles. The molecule has 1 N–H and O–H groups in total. The first-order valence-electron chi connectivity index (χ1n) is 5.44. The maximum atomic E-state index is 11.4. The van der Waals surface area contributed by atoms with Crippen LogP contribution in [0.3, 0.4) is 0 Å². The number of benzene rings is 1. The standard InChI is InChI=1S/C13H12ClNO3S/c1-8-5-13(16)11(14)6-10(8)12-4-3-9(7-15-12)19(2,17)18/h3-7,16H,1-2H3. The summed E-state index contributed by atoms with van der Waals surface area (Å²) in [4.78, 5) is 4.29. The van der Waals surface area contributed by atoms with Crippen molar-refractivity contribution in [1.82, 2.24) is 4.98 Å². The van der Waals surface area contributed by atoms with Crippen LogP contribution in [0, 0.1) is 6.92 Å². The van der Waals surface area contributed by atoms with E-state index in [0.29, 0.717) is 5.69 Å². The molecule has 100 valence electrons. The highest BCUT2D eigenvalue weighted by atomic mass is 35.5. The molecule has 1 aromatic carbocycles. The quantitative estimate of drug-likeness (QED) is 0.925. The minimum absolute atomic E-state index is 0.00988. The van der Waals surface area contributed by atoms with Gasteiger partial charge in [-0.15, -0.1) is 0 Å². The minimum atomic E-state index is -3.26. The molecule has 0 bridgehead atoms. The molecule has 0 amide bonds. The van der Waals surface area contributed by atoms with E-state index >= 15 is 0 Å². The predicted octanol–water partition coefficient (Wildman–Crippen LogP) is 2.82. The second kappa shape index (κ2) is 4.83. The summed E-state index contributed by atoms with van der Waals surface area (Å²) in [6, 6.07) is 6.27. The summed E-state index contributed by atoms with van der Waals surface area (Å²) in [6.07, 6.45) is 2.44. The summed E-state index contributed by atoms with van der Waals surface area (Å²) in [6.45, 7) is 1.82. The van der Waals surface area contributed by atoms with Crippen molar-refractivity contribution in [1.29, 1.82) is 0 Å². The van der Waals surface area contributed by atoms with Gasteiger partial charge in [0.25, 0.3) is 0 Å². The summed E-state index contributed by atoms with van der Waals surface area (Å²) in [7, 11) is -3.26. The third-order valence-corrected chi connectivity index (χ3v) is 4.13. The van der Waals surface area contributed by atoms with Crippen molar-refractivity contribution < 1.29 is 13.5 Å². The Bertz CT molecular complexity index is 724. The van der Waals surface area contributed by atoms with E-state index in [1.165, 1.54) is 12.3 Å². The average molecular weight is 298 g/mol. The van der Waals surface area contributed by atoms with Crippen molar-refractivity contribution in [2.75, 3.05) is 6.26 Å². The Morgan fingerprint density at radius 1 is 1.26 bits per heavy atom. The Morgan fingerprint density at radius 3 is 2.47 bits per heavy atom. The maximum absolute atomic E-state index is 11.4. The highest BCUT2D eigenvalue weighted by Gasteiger charge is 2.11. The van der Waals surface area contributed by atoms with E-state index in [2.05, 4.69) is 4.98 Å². The van der Waals surface area contributed by atoms with E-state index in [0.717, 1.165) is 17.4 Å². The van der Waals surface area contributed by atoms with Gasteiger partial charge in [0.15, 0.2) is 9.84 Å². The van der Waals surface area contributed by atoms with Gasteiger partial charge in [0, 0.05) is 18.0 Å². The van der Waals surface area contributed by atoms with E-state index in [9.17, 15) is 13.5 Å². The van der Waals surface area contributed by atoms with Crippen LogP contribution in [0.2, 0.25) is 5.02 Å². The van der Waals surface area contributed by atoms with E-state index in [-0.39, 0.29) is 15.7 Å². The second-order valence-corrected chi connectivity index (χ2v) is 6.69. The molecule has 0 aliphatic rings. The van der Waals surface area contributed by atoms with Crippen molar-refractivity contribution in [2.24, 2.45) is 0 Å². The molecule has 2 aromatic rings. The predicted molar refractivity (Wildman–Crippen MR) is 74.2 cm³/mol. The van der Waals surface area contributed by atoms with Crippen LogP contribution in [0.25, 0.3) is 11.3 Å². The number of nitrogens with zero attached hydrogens (tertiary/aromatic N) is 1. The first-order valence-corrected chi connectivity index (χ1v) is 7.71. The number of hydrogen-bond acceptors (Lipinski definition) is 4. The van der Waals surface area contributed by atoms with Crippen molar-refractivity contribution >= 4 is 21.4 Å². The van der Waals surface area contributed by atoms with Crippen molar-refractivity contribution in [3.8, 4) is 17.0 Å². The molecule has 0 radical (unpaired) electrons. The lowest BCUT2D eigenvalue weighted by Gasteiger charge is -2.08. The van der Waals surface area contributed by atoms with Gasteiger partial charge in [-0.25, -0.2) is 8.42 Å². The number of phenolic OH excluding ortho intramolecular Hbond substituents is 1. The van der Waals surface area contributed by atoms with Gasteiger partial charge in [0.2, 0.25) is 0 Å². The van der Waals surface area contributed by atoms with Crippen LogP contribution in [0.15, 0.2) is 35.4 Å². The smallest absolute Gasteiger partial charge is 0.177 e. The fraction of sp³-hybridized carbons (Fsp3) is 0.154. The van der Waals surface area contributed by atoms with Crippen LogP contribution in [0.5, 0.6) is 5.75 Å². The van der Waals surface area contributed by atoms with Gasteiger partial charge in [-0.1, -0.05) is 11.6 Å². The van der Waals surface area contributed by atoms with Crippen LogP contribution in [-0.2, 0) is 9.84 Å². The Kier molecular flexibility index (Phi) is 3.52. The lowest BCUT2D eigenvalue weighted by molar-refractivity contribution is 0.475. The molecule has 1 heterocycles. The van der Waals surface area contributed by atoms with Crippen LogP contribution < -0.4 is 0 Å². The fourth-order valence-electron chi connectivity index (χ4n) is 1.70. The normalized spacial score (nSPS) is 11.5. The Hall–Kier alpha value is -1.59. The lowest BCUT2D eigenvalue weighted by atomic mass is 10.0. The molecule has 1 aromatic heterocycles. The molecule has 0 spiro atoms. The number of halogens is 1. The third kappa shape index (κ3) is 2.88. The Labute approximate surface area is 116 Å². The van der Waals surface area contributed by atoms with E-state index in [1.807, 2.05) is 6.92 Å². The van der Waals surface area contributed by atoms with Crippen LogP contribution in [-0.4, -0.2) is 24.8 Å². The van der Waals surface area contributed by atoms with Gasteiger partial charge in [-0.3, -0.25) is 4.98 Å². The molecule has 0 aliphatic carbocycles. The van der Waals surface area contributed by atoms with Gasteiger partial charge >= 0.3 is 0 Å². The van der Waals surface area contributed by atoms with Gasteiger partial charge in [-0.05, 0) is 36.8 Å². The second-order valence-electron chi connectivity index (χ2n) is 4.27. The number of rotatable bonds is 2. The SMILES string of the molecule is Cc1cc(O)c(Cl)cc1-c1ccc(S(C)(=O)=O)cn1. The molecule has 2 rings (SSSR count). The largest absolute Gasteiger partial charge is 0.506 e. The number of aryl methyl sites for hydroxylation is 1. The minimum Gasteiger partial charge on any atom is -0.506 e. The van der Waals surface area contributed by atoms with Crippen LogP contribution in [0.1, 0.15) is 5.56 Å². The van der Waals surface area contributed by atoms with Gasteiger partial charge in [0.05, 0.1) is 15.6 Å². The van der Waals surface area contributed by atoms with Crippen molar-refractivity contribution in [3.05, 3.63) is 41.0 Å². The molecule has 6 heteroatoms. The lowest BCUT2D eigenvalue weighted by Crippen LogP contribution is -1.98. The molecule has 0 aliphatic heterocycles. The van der Waals surface area contributed by atoms with Gasteiger partial charge < -0.3 is 5.11 Å². The molecule has 0 atom stereocenters. The highest BCUT2D eigenvalue weighted by Crippen LogP contribution is 2.32. The zero-order valence-electron chi connectivity index (χ0n) is 10.4. The first kappa shape index (κ1) is 13.8. The van der Waals surface area contributed by atoms with Crippen LogP contribution >= 0.6 is 11.6 Å². The molecule has 0 saturated heterocycles. The summed E-state index contributed by atoms with van der Waals surface area (Å²) < 4.78 is 22.7. The number of pyridine rings is 1. The molecule has 0 fully saturated rings. The van der Waals surface area contributed by atoms with E-state index in [4.69, 9.17) is 11.6 Å². The van der Waals surface area contributed by atoms with Crippen molar-refractivity contribution in [3.63, 3.8) is 0 Å². The molecular formula is C13H12ClNO3S. The molecular weight excluding hydrogens is 286 g/mol. The Balaban J connectivity index is 2.52. The highest BCUT2D eigenvalue weighted by molar-refractivity contribution is 7.90. The Morgan fingerprint density at radius 2 is 1.95 bits per heavy atom. The number of aromatic nitrogens is 1. The van der Waals surface area contributed by atoms with E-state index in [1.54, 1.807) is 18.2 Å². The van der Waals surface area contributed by atoms with Gasteiger partial charge in [0.1, 0.15) is 5.75 Å². The molecule has 19 heavy (non-hydrogen) atoms. The number of hydrogen-bond donors (Lipinski definition) is 1. The topological polar surface area (TPSA) is 67.3 Å². The molecule has 0 unspecified atom stereocenters. The monoisotopic (exact) mass is 297 g/mol. The summed E-state index contributed by atoms with van der Waals surface area (Å²) in [5.74, 6) is 0.00988. The van der Waals surface area contributed by atoms with Crippen LogP contribution in [0.4, 0.5) is 0 Å². The zero-order valence-corrected chi connectivity index (χ0v) is 12.0. The number of aromatic hydroxyl groups is 1. The number of phenols is 1. The maximum Gasteiger partial charge on any atom is 0.177 e. The zero-order chi connectivity index (χ0) is 14.2. The summed E-state index contributed by atoms with van der Waals surface area (Å²) in [5, 5.41) is 9.72. The summed E-state index contributed by atoms with van der Waals surface area (Å²) >= 11 is 5.87. The number of sulfone groups is 1. The first-order chi connectivity index (χ1) is 8.79. The summed E-state index contributed by atoms with van der Waals surface area (Å²) in [5.41, 5.74) is 2.16. The van der Waals surface area contributed by atoms with E-state index < -0.39 is 9.84 Å².